The van der Waals surface area contributed by atoms with E-state index in [0.717, 1.165) is 53.6 Å². The van der Waals surface area contributed by atoms with Gasteiger partial charge in [0.2, 0.25) is 5.91 Å². The van der Waals surface area contributed by atoms with Crippen molar-refractivity contribution in [3.8, 4) is 0 Å². The van der Waals surface area contributed by atoms with Crippen molar-refractivity contribution in [2.75, 3.05) is 23.3 Å². The summed E-state index contributed by atoms with van der Waals surface area (Å²) in [5.41, 5.74) is 0.556. The smallest absolute Gasteiger partial charge is 0.372 e. The molecule has 4 amide bonds. The maximum absolute atomic E-state index is 13.5. The van der Waals surface area contributed by atoms with Crippen molar-refractivity contribution < 1.29 is 37.5 Å². The minimum absolute atomic E-state index is 0.103. The average molecular weight is 685 g/mol. The van der Waals surface area contributed by atoms with Gasteiger partial charge in [-0.25, -0.2) is 0 Å². The number of halogens is 4. The van der Waals surface area contributed by atoms with Crippen molar-refractivity contribution in [1.82, 2.24) is 20.0 Å². The zero-order valence-corrected chi connectivity index (χ0v) is 26.4. The van der Waals surface area contributed by atoms with E-state index in [1.54, 1.807) is 23.0 Å². The number of hydrogen-bond acceptors (Lipinski definition) is 7. The fraction of sp³-hybridized carbons (Fsp3) is 0.424. The molecule has 2 unspecified atom stereocenters. The number of carbonyl (C=O) groups is 4. The first-order chi connectivity index (χ1) is 22.9. The Morgan fingerprint density at radius 1 is 1.02 bits per heavy atom. The number of amides is 4. The Balaban J connectivity index is 1.00. The van der Waals surface area contributed by atoms with E-state index in [0.29, 0.717) is 25.9 Å². The molecule has 2 saturated heterocycles. The lowest BCUT2D eigenvalue weighted by Crippen LogP contribution is -2.57. The molecule has 3 fully saturated rings. The second-order valence-electron chi connectivity index (χ2n) is 12.8. The third-order valence-corrected chi connectivity index (χ3v) is 10.4. The van der Waals surface area contributed by atoms with E-state index in [4.69, 9.17) is 11.6 Å². The largest absolute Gasteiger partial charge is 0.416 e. The minimum atomic E-state index is -4.55. The van der Waals surface area contributed by atoms with E-state index in [1.807, 2.05) is 12.3 Å². The number of nitrogens with zero attached hydrogens (tertiary/aromatic N) is 4. The number of aliphatic hydroxyl groups is 1. The molecule has 2 atom stereocenters. The monoisotopic (exact) mass is 684 g/mol. The first-order valence-electron chi connectivity index (χ1n) is 15.8. The molecule has 3 aromatic rings. The SMILES string of the molecule is O=C1CCC(N2C(=O)c3ccc(N4CCC(c5cnn(C6(C(=O)Nc7ccc(C(F)(F)F)cc7Cl)CCC6)c5)CC4)cc3C2=O)C(O)N1. The molecule has 2 aromatic carbocycles. The molecule has 4 aliphatic rings. The van der Waals surface area contributed by atoms with Gasteiger partial charge in [-0.2, -0.15) is 18.3 Å². The van der Waals surface area contributed by atoms with E-state index >= 15 is 0 Å². The first-order valence-corrected chi connectivity index (χ1v) is 16.2. The summed E-state index contributed by atoms with van der Waals surface area (Å²) in [7, 11) is 0. The molecule has 1 aromatic heterocycles. The summed E-state index contributed by atoms with van der Waals surface area (Å²) in [6.45, 7) is 1.35. The van der Waals surface area contributed by atoms with Crippen molar-refractivity contribution in [3.63, 3.8) is 0 Å². The van der Waals surface area contributed by atoms with E-state index in [2.05, 4.69) is 20.6 Å². The zero-order valence-electron chi connectivity index (χ0n) is 25.6. The van der Waals surface area contributed by atoms with Gasteiger partial charge in [-0.05, 0) is 86.4 Å². The summed E-state index contributed by atoms with van der Waals surface area (Å²) in [6.07, 6.45) is 1.48. The van der Waals surface area contributed by atoms with E-state index in [1.165, 1.54) is 0 Å². The number of fused-ring (bicyclic) bond motifs is 1. The minimum Gasteiger partial charge on any atom is -0.372 e. The molecule has 3 N–H and O–H groups in total. The van der Waals surface area contributed by atoms with Crippen molar-refractivity contribution in [1.29, 1.82) is 0 Å². The van der Waals surface area contributed by atoms with Crippen molar-refractivity contribution in [3.05, 3.63) is 76.1 Å². The highest BCUT2D eigenvalue weighted by Gasteiger charge is 2.48. The number of carbonyl (C=O) groups excluding carboxylic acids is 4. The number of alkyl halides is 3. The number of aromatic nitrogens is 2. The van der Waals surface area contributed by atoms with Gasteiger partial charge in [0.25, 0.3) is 17.7 Å². The van der Waals surface area contributed by atoms with Crippen LogP contribution in [0.15, 0.2) is 48.8 Å². The second kappa shape index (κ2) is 11.9. The Hall–Kier alpha value is -4.43. The fourth-order valence-electron chi connectivity index (χ4n) is 7.14. The Labute approximate surface area is 278 Å². The van der Waals surface area contributed by atoms with E-state index in [9.17, 15) is 37.5 Å². The Morgan fingerprint density at radius 2 is 1.75 bits per heavy atom. The molecule has 11 nitrogen and oxygen atoms in total. The second-order valence-corrected chi connectivity index (χ2v) is 13.2. The van der Waals surface area contributed by atoms with Gasteiger partial charge in [-0.15, -0.1) is 0 Å². The molecule has 0 bridgehead atoms. The van der Waals surface area contributed by atoms with Gasteiger partial charge in [0.1, 0.15) is 11.8 Å². The van der Waals surface area contributed by atoms with Crippen molar-refractivity contribution >= 4 is 46.6 Å². The predicted molar refractivity (Wildman–Crippen MR) is 167 cm³/mol. The lowest BCUT2D eigenvalue weighted by molar-refractivity contribution is -0.137. The van der Waals surface area contributed by atoms with Crippen LogP contribution in [0.2, 0.25) is 5.02 Å². The van der Waals surface area contributed by atoms with Gasteiger partial charge in [0, 0.05) is 31.4 Å². The summed E-state index contributed by atoms with van der Waals surface area (Å²) in [5.74, 6) is -1.53. The van der Waals surface area contributed by atoms with E-state index in [-0.39, 0.29) is 52.4 Å². The van der Waals surface area contributed by atoms with Gasteiger partial charge in [0.15, 0.2) is 0 Å². The van der Waals surface area contributed by atoms with Gasteiger partial charge >= 0.3 is 6.18 Å². The van der Waals surface area contributed by atoms with Crippen LogP contribution >= 0.6 is 11.6 Å². The number of hydrogen-bond donors (Lipinski definition) is 3. The zero-order chi connectivity index (χ0) is 34.0. The molecule has 1 aliphatic carbocycles. The lowest BCUT2D eigenvalue weighted by Gasteiger charge is -2.40. The Morgan fingerprint density at radius 3 is 2.40 bits per heavy atom. The van der Waals surface area contributed by atoms with Crippen LogP contribution in [-0.2, 0) is 21.3 Å². The number of rotatable bonds is 6. The number of imide groups is 1. The average Bonchev–Trinajstić information content (AvgIpc) is 3.60. The number of nitrogens with one attached hydrogen (secondary N) is 2. The highest BCUT2D eigenvalue weighted by molar-refractivity contribution is 6.33. The van der Waals surface area contributed by atoms with Gasteiger partial charge in [0.05, 0.1) is 39.6 Å². The summed E-state index contributed by atoms with van der Waals surface area (Å²) >= 11 is 6.09. The molecular formula is C33H32ClF3N6O5. The van der Waals surface area contributed by atoms with Crippen LogP contribution in [0.25, 0.3) is 0 Å². The van der Waals surface area contributed by atoms with Crippen LogP contribution in [0, 0.1) is 0 Å². The first kappa shape index (κ1) is 32.1. The van der Waals surface area contributed by atoms with Gasteiger partial charge < -0.3 is 20.6 Å². The van der Waals surface area contributed by atoms with Crippen LogP contribution in [0.1, 0.15) is 82.7 Å². The van der Waals surface area contributed by atoms with Crippen LogP contribution in [0.5, 0.6) is 0 Å². The molecule has 0 radical (unpaired) electrons. The summed E-state index contributed by atoms with van der Waals surface area (Å²) in [6, 6.07) is 7.16. The quantitative estimate of drug-likeness (QED) is 0.322. The van der Waals surface area contributed by atoms with Crippen molar-refractivity contribution in [2.24, 2.45) is 0 Å². The normalized spacial score (nSPS) is 22.7. The van der Waals surface area contributed by atoms with Crippen LogP contribution in [0.3, 0.4) is 0 Å². The lowest BCUT2D eigenvalue weighted by atomic mass is 9.76. The molecule has 4 heterocycles. The Bertz CT molecular complexity index is 1820. The number of piperidine rings is 2. The van der Waals surface area contributed by atoms with Gasteiger partial charge in [-0.1, -0.05) is 11.6 Å². The standard InChI is InChI=1S/C33H32ClF3N6O5/c34-24-14-20(33(35,36)37)2-5-25(24)39-31(48)32(10-1-11-32)42-17-19(16-38-42)18-8-12-41(13-9-18)21-3-4-22-23(15-21)30(47)43(29(22)46)26-6-7-27(44)40-28(26)45/h2-5,14-18,26,28,45H,1,6-13H2,(H,39,48)(H,40,44). The molecule has 0 spiro atoms. The summed E-state index contributed by atoms with van der Waals surface area (Å²) in [4.78, 5) is 54.7. The summed E-state index contributed by atoms with van der Waals surface area (Å²) < 4.78 is 40.9. The molecule has 252 valence electrons. The number of aliphatic hydroxyl groups excluding tert-OH is 1. The van der Waals surface area contributed by atoms with Crippen LogP contribution < -0.4 is 15.5 Å². The molecule has 15 heteroatoms. The van der Waals surface area contributed by atoms with Crippen LogP contribution in [0.4, 0.5) is 24.5 Å². The predicted octanol–water partition coefficient (Wildman–Crippen LogP) is 4.65. The maximum atomic E-state index is 13.5. The number of anilines is 2. The van der Waals surface area contributed by atoms with Crippen LogP contribution in [-0.4, -0.2) is 68.8 Å². The Kier molecular flexibility index (Phi) is 7.98. The highest BCUT2D eigenvalue weighted by Crippen LogP contribution is 2.42. The molecule has 1 saturated carbocycles. The fourth-order valence-corrected chi connectivity index (χ4v) is 7.37. The van der Waals surface area contributed by atoms with E-state index < -0.39 is 41.4 Å². The molecular weight excluding hydrogens is 653 g/mol. The van der Waals surface area contributed by atoms with Crippen molar-refractivity contribution in [2.45, 2.75) is 74.8 Å². The molecule has 3 aliphatic heterocycles. The third-order valence-electron chi connectivity index (χ3n) is 10.1. The molecule has 7 rings (SSSR count). The summed E-state index contributed by atoms with van der Waals surface area (Å²) in [5, 5.41) is 19.8. The third kappa shape index (κ3) is 5.50. The maximum Gasteiger partial charge on any atom is 0.416 e. The van der Waals surface area contributed by atoms with Gasteiger partial charge in [-0.3, -0.25) is 28.8 Å². The highest BCUT2D eigenvalue weighted by atomic mass is 35.5. The molecule has 48 heavy (non-hydrogen) atoms. The number of benzene rings is 2. The topological polar surface area (TPSA) is 137 Å².